The first kappa shape index (κ1) is 14.9. The van der Waals surface area contributed by atoms with Crippen molar-refractivity contribution in [2.24, 2.45) is 0 Å². The maximum atomic E-state index is 10.9. The van der Waals surface area contributed by atoms with Gasteiger partial charge in [0.15, 0.2) is 0 Å². The molecule has 1 N–H and O–H groups in total. The molecule has 0 atom stereocenters. The highest BCUT2D eigenvalue weighted by molar-refractivity contribution is 7.97. The molecule has 0 bridgehead atoms. The topological polar surface area (TPSA) is 44.8 Å². The van der Waals surface area contributed by atoms with E-state index < -0.39 is 0 Å². The van der Waals surface area contributed by atoms with Gasteiger partial charge in [0.1, 0.15) is 11.4 Å². The fourth-order valence-corrected chi connectivity index (χ4v) is 4.34. The largest absolute Gasteiger partial charge is 0.484 e. The Balaban J connectivity index is 1.41. The molecule has 0 spiro atoms. The van der Waals surface area contributed by atoms with Gasteiger partial charge < -0.3 is 15.0 Å². The molecular formula is C17H21N3O2S. The van der Waals surface area contributed by atoms with Crippen molar-refractivity contribution in [2.75, 3.05) is 38.0 Å². The van der Waals surface area contributed by atoms with Gasteiger partial charge in [0.25, 0.3) is 0 Å². The average Bonchev–Trinajstić information content (AvgIpc) is 3.04. The molecule has 5 nitrogen and oxygen atoms in total. The number of rotatable bonds is 3. The van der Waals surface area contributed by atoms with Crippen molar-refractivity contribution < 1.29 is 9.53 Å². The summed E-state index contributed by atoms with van der Waals surface area (Å²) in [6, 6.07) is 6.33. The number of carbonyl (C=O) groups excluding carboxylic acids is 1. The number of anilines is 1. The van der Waals surface area contributed by atoms with Crippen LogP contribution in [-0.4, -0.2) is 53.9 Å². The van der Waals surface area contributed by atoms with E-state index in [9.17, 15) is 4.79 Å². The van der Waals surface area contributed by atoms with E-state index in [1.165, 1.54) is 16.0 Å². The number of benzene rings is 1. The van der Waals surface area contributed by atoms with Crippen molar-refractivity contribution in [3.63, 3.8) is 0 Å². The molecule has 0 aliphatic carbocycles. The number of ether oxygens (including phenoxy) is 1. The lowest BCUT2D eigenvalue weighted by Crippen LogP contribution is -2.39. The highest BCUT2D eigenvalue weighted by atomic mass is 32.2. The number of fused-ring (bicyclic) bond motifs is 1. The second kappa shape index (κ2) is 5.46. The fraction of sp³-hybridized carbons (Fsp3) is 0.471. The zero-order valence-electron chi connectivity index (χ0n) is 13.5. The summed E-state index contributed by atoms with van der Waals surface area (Å²) in [5.74, 6) is 0.925. The van der Waals surface area contributed by atoms with E-state index in [1.54, 1.807) is 11.9 Å². The van der Waals surface area contributed by atoms with Gasteiger partial charge in [-0.1, -0.05) is 0 Å². The van der Waals surface area contributed by atoms with E-state index in [1.807, 2.05) is 4.90 Å². The number of hydrogen-bond acceptors (Lipinski definition) is 5. The summed E-state index contributed by atoms with van der Waals surface area (Å²) < 4.78 is 8.36. The van der Waals surface area contributed by atoms with Gasteiger partial charge in [0.05, 0.1) is 12.2 Å². The second-order valence-electron chi connectivity index (χ2n) is 6.98. The third-order valence-electron chi connectivity index (χ3n) is 4.45. The first-order chi connectivity index (χ1) is 11.0. The first-order valence-corrected chi connectivity index (χ1v) is 8.69. The zero-order valence-corrected chi connectivity index (χ0v) is 14.3. The van der Waals surface area contributed by atoms with Crippen LogP contribution in [0.4, 0.5) is 5.69 Å². The molecule has 1 amide bonds. The molecule has 23 heavy (non-hydrogen) atoms. The van der Waals surface area contributed by atoms with Crippen LogP contribution in [0.2, 0.25) is 0 Å². The molecule has 4 rings (SSSR count). The van der Waals surface area contributed by atoms with E-state index in [0.29, 0.717) is 0 Å². The van der Waals surface area contributed by atoms with E-state index in [4.69, 9.17) is 4.74 Å². The summed E-state index contributed by atoms with van der Waals surface area (Å²) in [5, 5.41) is 3.46. The Kier molecular flexibility index (Phi) is 3.54. The summed E-state index contributed by atoms with van der Waals surface area (Å²) in [5.41, 5.74) is 3.73. The normalized spacial score (nSPS) is 22.4. The molecule has 1 aromatic rings. The van der Waals surface area contributed by atoms with Gasteiger partial charge in [0.2, 0.25) is 6.41 Å². The number of nitrogens with one attached hydrogen (secondary N) is 1. The molecular weight excluding hydrogens is 310 g/mol. The molecule has 0 unspecified atom stereocenters. The number of nitrogens with zero attached hydrogens (tertiary/aromatic N) is 2. The zero-order chi connectivity index (χ0) is 16.0. The lowest BCUT2D eigenvalue weighted by Gasteiger charge is -2.33. The molecule has 6 heteroatoms. The summed E-state index contributed by atoms with van der Waals surface area (Å²) in [6.07, 6.45) is 0.951. The fourth-order valence-electron chi connectivity index (χ4n) is 3.30. The van der Waals surface area contributed by atoms with Crippen LogP contribution in [-0.2, 0) is 4.79 Å². The van der Waals surface area contributed by atoms with Crippen molar-refractivity contribution in [3.8, 4) is 5.75 Å². The lowest BCUT2D eigenvalue weighted by atomic mass is 10.1. The van der Waals surface area contributed by atoms with Crippen molar-refractivity contribution in [2.45, 2.75) is 24.3 Å². The predicted molar refractivity (Wildman–Crippen MR) is 91.7 cm³/mol. The molecule has 1 aromatic carbocycles. The molecule has 3 heterocycles. The van der Waals surface area contributed by atoms with Crippen LogP contribution in [0.25, 0.3) is 0 Å². The van der Waals surface area contributed by atoms with Gasteiger partial charge in [-0.25, -0.2) is 4.31 Å². The highest BCUT2D eigenvalue weighted by Crippen LogP contribution is 2.38. The minimum Gasteiger partial charge on any atom is -0.484 e. The maximum absolute atomic E-state index is 10.9. The van der Waals surface area contributed by atoms with E-state index in [0.717, 1.165) is 50.6 Å². The van der Waals surface area contributed by atoms with Gasteiger partial charge in [-0.15, -0.1) is 0 Å². The van der Waals surface area contributed by atoms with E-state index >= 15 is 0 Å². The van der Waals surface area contributed by atoms with Crippen molar-refractivity contribution in [3.05, 3.63) is 29.3 Å². The second-order valence-corrected chi connectivity index (χ2v) is 8.15. The Bertz CT molecular complexity index is 668. The minimum atomic E-state index is -0.161. The number of carbonyl (C=O) groups is 1. The van der Waals surface area contributed by atoms with Crippen molar-refractivity contribution in [1.29, 1.82) is 0 Å². The minimum absolute atomic E-state index is 0.161. The molecule has 3 aliphatic heterocycles. The molecule has 3 aliphatic rings. The van der Waals surface area contributed by atoms with Crippen LogP contribution in [0, 0.1) is 0 Å². The lowest BCUT2D eigenvalue weighted by molar-refractivity contribution is -0.117. The quantitative estimate of drug-likeness (QED) is 0.523. The summed E-state index contributed by atoms with van der Waals surface area (Å²) in [6.45, 7) is 8.47. The third-order valence-corrected chi connectivity index (χ3v) is 5.43. The molecule has 0 aromatic heterocycles. The Morgan fingerprint density at radius 2 is 1.96 bits per heavy atom. The Morgan fingerprint density at radius 3 is 2.65 bits per heavy atom. The third kappa shape index (κ3) is 2.93. The molecule has 0 saturated carbocycles. The Hall–Kier alpha value is -1.66. The molecule has 0 radical (unpaired) electrons. The maximum Gasteiger partial charge on any atom is 0.210 e. The van der Waals surface area contributed by atoms with Gasteiger partial charge in [-0.3, -0.25) is 4.79 Å². The smallest absolute Gasteiger partial charge is 0.210 e. The average molecular weight is 331 g/mol. The molecule has 122 valence electrons. The summed E-state index contributed by atoms with van der Waals surface area (Å²) >= 11 is 1.78. The van der Waals surface area contributed by atoms with Crippen LogP contribution in [0.15, 0.2) is 34.2 Å². The van der Waals surface area contributed by atoms with Crippen LogP contribution < -0.4 is 10.1 Å². The monoisotopic (exact) mass is 331 g/mol. The van der Waals surface area contributed by atoms with Crippen LogP contribution in [0.3, 0.4) is 0 Å². The van der Waals surface area contributed by atoms with Gasteiger partial charge >= 0.3 is 0 Å². The molecule has 0 saturated heterocycles. The first-order valence-electron chi connectivity index (χ1n) is 7.91. The van der Waals surface area contributed by atoms with E-state index in [-0.39, 0.29) is 5.60 Å². The standard InChI is InChI=1S/C17H21N3O2S/c1-17(2)10-18-15-5-14(3-4-16(15)22-17)23-20-8-12-6-19(11-21)7-13(12)9-20/h3-5,11,18H,6-10H2,1-2H3. The number of hydrogen-bond donors (Lipinski definition) is 1. The summed E-state index contributed by atoms with van der Waals surface area (Å²) in [7, 11) is 0. The van der Waals surface area contributed by atoms with Gasteiger partial charge in [0, 0.05) is 31.1 Å². The van der Waals surface area contributed by atoms with E-state index in [2.05, 4.69) is 41.7 Å². The summed E-state index contributed by atoms with van der Waals surface area (Å²) in [4.78, 5) is 13.9. The highest BCUT2D eigenvalue weighted by Gasteiger charge is 2.30. The van der Waals surface area contributed by atoms with Gasteiger partial charge in [-0.2, -0.15) is 0 Å². The predicted octanol–water partition coefficient (Wildman–Crippen LogP) is 2.36. The number of amides is 1. The SMILES string of the molecule is CC1(C)CNc2cc(SN3CC4=C(CN(C=O)C4)C3)ccc2O1. The van der Waals surface area contributed by atoms with Crippen LogP contribution in [0.5, 0.6) is 5.75 Å². The van der Waals surface area contributed by atoms with Crippen LogP contribution in [0.1, 0.15) is 13.8 Å². The molecule has 0 fully saturated rings. The van der Waals surface area contributed by atoms with Gasteiger partial charge in [-0.05, 0) is 55.1 Å². The Morgan fingerprint density at radius 1 is 1.22 bits per heavy atom. The van der Waals surface area contributed by atoms with Crippen LogP contribution >= 0.6 is 11.9 Å². The van der Waals surface area contributed by atoms with Crippen molar-refractivity contribution >= 4 is 24.0 Å². The Labute approximate surface area is 140 Å². The van der Waals surface area contributed by atoms with Crippen molar-refractivity contribution in [1.82, 2.24) is 9.21 Å².